The number of phenolic OH excluding ortho intramolecular Hbond substituents is 1. The Morgan fingerprint density at radius 2 is 1.00 bits per heavy atom. The molecular formula is C19H13NOS. The Bertz CT molecular complexity index is 815. The standard InChI is InChI=1S/C19H13NOS/c21-19-11-7-17(8-12-19)15-3-1-14(2-4-15)16-5-9-18(10-6-16)20-13-22/h1-12,21H. The van der Waals surface area contributed by atoms with Gasteiger partial charge >= 0.3 is 0 Å². The van der Waals surface area contributed by atoms with Gasteiger partial charge in [0.05, 0.1) is 10.8 Å². The molecule has 1 N–H and O–H groups in total. The number of hydrogen-bond acceptors (Lipinski definition) is 3. The maximum Gasteiger partial charge on any atom is 0.115 e. The fourth-order valence-corrected chi connectivity index (χ4v) is 2.40. The average Bonchev–Trinajstić information content (AvgIpc) is 2.57. The molecule has 0 aliphatic heterocycles. The van der Waals surface area contributed by atoms with Gasteiger partial charge in [-0.05, 0) is 58.7 Å². The molecule has 0 aliphatic carbocycles. The van der Waals surface area contributed by atoms with E-state index < -0.39 is 0 Å². The molecule has 0 aromatic heterocycles. The highest BCUT2D eigenvalue weighted by Gasteiger charge is 2.01. The molecule has 3 rings (SSSR count). The van der Waals surface area contributed by atoms with Crippen LogP contribution in [-0.4, -0.2) is 10.3 Å². The van der Waals surface area contributed by atoms with Crippen LogP contribution >= 0.6 is 12.2 Å². The van der Waals surface area contributed by atoms with Gasteiger partial charge in [-0.3, -0.25) is 0 Å². The van der Waals surface area contributed by atoms with Crippen molar-refractivity contribution in [2.75, 3.05) is 0 Å². The number of nitrogens with zero attached hydrogens (tertiary/aromatic N) is 1. The quantitative estimate of drug-likeness (QED) is 0.514. The van der Waals surface area contributed by atoms with E-state index in [2.05, 4.69) is 46.6 Å². The second kappa shape index (κ2) is 6.35. The molecule has 3 aromatic rings. The van der Waals surface area contributed by atoms with Crippen molar-refractivity contribution in [3.8, 4) is 28.0 Å². The number of phenols is 1. The number of aromatic hydroxyl groups is 1. The van der Waals surface area contributed by atoms with E-state index in [1.807, 2.05) is 36.4 Å². The minimum atomic E-state index is 0.277. The van der Waals surface area contributed by atoms with E-state index in [-0.39, 0.29) is 5.75 Å². The van der Waals surface area contributed by atoms with E-state index in [4.69, 9.17) is 0 Å². The van der Waals surface area contributed by atoms with Gasteiger partial charge in [0.15, 0.2) is 0 Å². The van der Waals surface area contributed by atoms with Crippen LogP contribution in [0.3, 0.4) is 0 Å². The number of benzene rings is 3. The van der Waals surface area contributed by atoms with E-state index in [0.29, 0.717) is 0 Å². The van der Waals surface area contributed by atoms with Crippen LogP contribution in [0.5, 0.6) is 5.75 Å². The largest absolute Gasteiger partial charge is 0.508 e. The summed E-state index contributed by atoms with van der Waals surface area (Å²) in [5.41, 5.74) is 5.26. The number of isothiocyanates is 1. The van der Waals surface area contributed by atoms with Crippen LogP contribution in [-0.2, 0) is 0 Å². The first kappa shape index (κ1) is 14.2. The molecule has 106 valence electrons. The monoisotopic (exact) mass is 303 g/mol. The molecule has 3 aromatic carbocycles. The highest BCUT2D eigenvalue weighted by Crippen LogP contribution is 2.27. The molecule has 2 nitrogen and oxygen atoms in total. The van der Waals surface area contributed by atoms with E-state index in [1.54, 1.807) is 12.1 Å². The second-order valence-corrected chi connectivity index (χ2v) is 5.06. The van der Waals surface area contributed by atoms with Crippen molar-refractivity contribution in [3.63, 3.8) is 0 Å². The van der Waals surface area contributed by atoms with E-state index in [1.165, 1.54) is 0 Å². The minimum absolute atomic E-state index is 0.277. The van der Waals surface area contributed by atoms with Gasteiger partial charge in [0, 0.05) is 0 Å². The fraction of sp³-hybridized carbons (Fsp3) is 0. The summed E-state index contributed by atoms with van der Waals surface area (Å²) in [4.78, 5) is 3.95. The number of rotatable bonds is 3. The number of hydrogen-bond donors (Lipinski definition) is 1. The molecule has 0 aliphatic rings. The Morgan fingerprint density at radius 1 is 0.636 bits per heavy atom. The third kappa shape index (κ3) is 3.12. The van der Waals surface area contributed by atoms with E-state index in [9.17, 15) is 5.11 Å². The summed E-state index contributed by atoms with van der Waals surface area (Å²) in [6, 6.07) is 23.4. The molecular weight excluding hydrogens is 290 g/mol. The number of thiocarbonyl (C=S) groups is 1. The van der Waals surface area contributed by atoms with Crippen LogP contribution in [0.15, 0.2) is 77.8 Å². The Balaban J connectivity index is 1.87. The molecule has 0 saturated heterocycles. The molecule has 0 saturated carbocycles. The molecule has 0 fully saturated rings. The normalized spacial score (nSPS) is 10.0. The lowest BCUT2D eigenvalue weighted by molar-refractivity contribution is 0.475. The predicted octanol–water partition coefficient (Wildman–Crippen LogP) is 5.46. The third-order valence-electron chi connectivity index (χ3n) is 3.46. The van der Waals surface area contributed by atoms with Gasteiger partial charge < -0.3 is 5.11 Å². The van der Waals surface area contributed by atoms with Gasteiger partial charge in [-0.2, -0.15) is 4.99 Å². The zero-order valence-corrected chi connectivity index (χ0v) is 12.5. The highest BCUT2D eigenvalue weighted by atomic mass is 32.1. The smallest absolute Gasteiger partial charge is 0.115 e. The van der Waals surface area contributed by atoms with Gasteiger partial charge in [0.1, 0.15) is 5.75 Å². The zero-order valence-electron chi connectivity index (χ0n) is 11.7. The van der Waals surface area contributed by atoms with Crippen molar-refractivity contribution in [1.82, 2.24) is 0 Å². The van der Waals surface area contributed by atoms with E-state index in [0.717, 1.165) is 27.9 Å². The molecule has 22 heavy (non-hydrogen) atoms. The molecule has 0 bridgehead atoms. The second-order valence-electron chi connectivity index (χ2n) is 4.87. The lowest BCUT2D eigenvalue weighted by atomic mass is 10.0. The van der Waals surface area contributed by atoms with Crippen LogP contribution in [0.4, 0.5) is 5.69 Å². The third-order valence-corrected chi connectivity index (χ3v) is 3.55. The summed E-state index contributed by atoms with van der Waals surface area (Å²) >= 11 is 4.60. The highest BCUT2D eigenvalue weighted by molar-refractivity contribution is 7.78. The van der Waals surface area contributed by atoms with Gasteiger partial charge in [-0.15, -0.1) is 0 Å². The van der Waals surface area contributed by atoms with Gasteiger partial charge in [0.2, 0.25) is 0 Å². The van der Waals surface area contributed by atoms with Crippen LogP contribution < -0.4 is 0 Å². The van der Waals surface area contributed by atoms with Gasteiger partial charge in [-0.1, -0.05) is 48.5 Å². The first-order chi connectivity index (χ1) is 10.8. The molecule has 0 heterocycles. The van der Waals surface area contributed by atoms with E-state index >= 15 is 0 Å². The summed E-state index contributed by atoms with van der Waals surface area (Å²) in [5, 5.41) is 11.7. The number of aliphatic imine (C=N–C) groups is 1. The topological polar surface area (TPSA) is 32.6 Å². The minimum Gasteiger partial charge on any atom is -0.508 e. The molecule has 0 spiro atoms. The summed E-state index contributed by atoms with van der Waals surface area (Å²) in [6.07, 6.45) is 0. The lowest BCUT2D eigenvalue weighted by Crippen LogP contribution is -1.80. The van der Waals surface area contributed by atoms with Crippen LogP contribution in [0.2, 0.25) is 0 Å². The molecule has 0 unspecified atom stereocenters. The first-order valence-corrected chi connectivity index (χ1v) is 7.25. The maximum absolute atomic E-state index is 9.34. The van der Waals surface area contributed by atoms with Crippen molar-refractivity contribution >= 4 is 23.1 Å². The summed E-state index contributed by atoms with van der Waals surface area (Å²) < 4.78 is 0. The molecule has 0 atom stereocenters. The molecule has 0 radical (unpaired) electrons. The van der Waals surface area contributed by atoms with Crippen LogP contribution in [0, 0.1) is 0 Å². The Kier molecular flexibility index (Phi) is 4.10. The predicted molar refractivity (Wildman–Crippen MR) is 93.7 cm³/mol. The van der Waals surface area contributed by atoms with Crippen molar-refractivity contribution in [1.29, 1.82) is 0 Å². The fourth-order valence-electron chi connectivity index (χ4n) is 2.29. The molecule has 3 heteroatoms. The first-order valence-electron chi connectivity index (χ1n) is 6.84. The molecule has 0 amide bonds. The Hall–Kier alpha value is -2.74. The Morgan fingerprint density at radius 3 is 1.41 bits per heavy atom. The van der Waals surface area contributed by atoms with Gasteiger partial charge in [0.25, 0.3) is 0 Å². The average molecular weight is 303 g/mol. The zero-order chi connectivity index (χ0) is 15.4. The lowest BCUT2D eigenvalue weighted by Gasteiger charge is -2.05. The van der Waals surface area contributed by atoms with Crippen molar-refractivity contribution in [3.05, 3.63) is 72.8 Å². The summed E-state index contributed by atoms with van der Waals surface area (Å²) in [7, 11) is 0. The van der Waals surface area contributed by atoms with Crippen LogP contribution in [0.25, 0.3) is 22.3 Å². The summed E-state index contributed by atoms with van der Waals surface area (Å²) in [5.74, 6) is 0.277. The van der Waals surface area contributed by atoms with Crippen LogP contribution in [0.1, 0.15) is 0 Å². The van der Waals surface area contributed by atoms with Gasteiger partial charge in [-0.25, -0.2) is 0 Å². The van der Waals surface area contributed by atoms with Crippen molar-refractivity contribution < 1.29 is 5.11 Å². The summed E-state index contributed by atoms with van der Waals surface area (Å²) in [6.45, 7) is 0. The van der Waals surface area contributed by atoms with Crippen molar-refractivity contribution in [2.45, 2.75) is 0 Å². The van der Waals surface area contributed by atoms with Crippen molar-refractivity contribution in [2.24, 2.45) is 4.99 Å². The Labute approximate surface area is 134 Å². The maximum atomic E-state index is 9.34. The SMILES string of the molecule is Oc1ccc(-c2ccc(-c3ccc(N=C=S)cc3)cc2)cc1.